The molecule has 0 unspecified atom stereocenters. The second-order valence-corrected chi connectivity index (χ2v) is 22.0. The van der Waals surface area contributed by atoms with Crippen LogP contribution in [0.2, 0.25) is 0 Å². The number of aliphatic imine (C=N–C) groups is 2. The summed E-state index contributed by atoms with van der Waals surface area (Å²) >= 11 is 0. The molecule has 0 saturated heterocycles. The number of primary amides is 1. The highest BCUT2D eigenvalue weighted by atomic mass is 16.4. The summed E-state index contributed by atoms with van der Waals surface area (Å²) in [4.78, 5) is 145. The molecule has 3 rings (SSSR count). The number of guanidine groups is 2. The molecule has 0 fully saturated rings. The molecule has 0 bridgehead atoms. The molecule has 28 nitrogen and oxygen atoms in total. The molecule has 9 atom stereocenters. The van der Waals surface area contributed by atoms with Crippen molar-refractivity contribution in [2.45, 2.75) is 160 Å². The van der Waals surface area contributed by atoms with Gasteiger partial charge in [-0.15, -0.1) is 0 Å². The number of carboxylic acids is 1. The van der Waals surface area contributed by atoms with Gasteiger partial charge in [0, 0.05) is 38.8 Å². The van der Waals surface area contributed by atoms with Gasteiger partial charge in [-0.1, -0.05) is 100 Å². The zero-order chi connectivity index (χ0) is 64.8. The summed E-state index contributed by atoms with van der Waals surface area (Å²) in [6.07, 6.45) is -0.746. The van der Waals surface area contributed by atoms with Crippen molar-refractivity contribution in [2.75, 3.05) is 13.1 Å². The standard InChI is InChI=1S/C59H88N16O12/c1-33(2)28-40(60)50(79)72-45(30-36-14-8-6-9-15-36)56(85)74-46(31-37-16-10-7-11-17-37)55(84)70-41(18-12-26-66-58(62)63)52(81)69-42(19-13-27-67-59(64)65)53(82)73-44(29-34(3)4)54(83)71-43(24-25-48(61)77)51(80)68-35(5)49(78)75-47(57(86)87)32-38-20-22-39(76)23-21-38/h6-11,14-17,20-23,33-35,40-47,76H,12-13,18-19,24-32,60H2,1-5H3,(H2,61,77)(H,68,80)(H,69,81)(H,70,84)(H,71,83)(H,72,79)(H,73,82)(H,74,85)(H,75,78)(H,86,87)(H4,62,63,66)(H4,64,65,67)/t35-,40-,41-,42-,43-,44-,45-,46-,47-/m0/s1. The third kappa shape index (κ3) is 27.9. The van der Waals surface area contributed by atoms with Gasteiger partial charge in [-0.2, -0.15) is 0 Å². The van der Waals surface area contributed by atoms with E-state index in [1.165, 1.54) is 31.2 Å². The van der Waals surface area contributed by atoms with Crippen LogP contribution in [-0.4, -0.2) is 149 Å². The average Bonchev–Trinajstić information content (AvgIpc) is 3.41. The Hall–Kier alpha value is -9.34. The minimum Gasteiger partial charge on any atom is -0.508 e. The lowest BCUT2D eigenvalue weighted by Gasteiger charge is -2.28. The number of nitrogens with zero attached hydrogens (tertiary/aromatic N) is 2. The van der Waals surface area contributed by atoms with Crippen LogP contribution >= 0.6 is 0 Å². The number of carbonyl (C=O) groups is 10. The van der Waals surface area contributed by atoms with E-state index in [1.54, 1.807) is 74.5 Å². The van der Waals surface area contributed by atoms with Crippen LogP contribution in [0, 0.1) is 11.8 Å². The fraction of sp³-hybridized carbons (Fsp3) is 0.492. The molecule has 0 aliphatic rings. The van der Waals surface area contributed by atoms with E-state index in [2.05, 4.69) is 52.5 Å². The number of rotatable bonds is 38. The number of hydrogen-bond donors (Lipinski definition) is 16. The van der Waals surface area contributed by atoms with Crippen LogP contribution in [0.1, 0.15) is 103 Å². The first-order chi connectivity index (χ1) is 41.1. The molecule has 476 valence electrons. The Labute approximate surface area is 506 Å². The predicted octanol–water partition coefficient (Wildman–Crippen LogP) is -1.80. The number of phenolic OH excluding ortho intramolecular Hbond substituents is 1. The highest BCUT2D eigenvalue weighted by Gasteiger charge is 2.35. The van der Waals surface area contributed by atoms with E-state index in [0.29, 0.717) is 23.1 Å². The van der Waals surface area contributed by atoms with Crippen LogP contribution in [0.25, 0.3) is 0 Å². The Morgan fingerprint density at radius 1 is 0.425 bits per heavy atom. The molecule has 0 radical (unpaired) electrons. The fourth-order valence-electron chi connectivity index (χ4n) is 8.92. The van der Waals surface area contributed by atoms with Crippen LogP contribution in [0.15, 0.2) is 94.9 Å². The highest BCUT2D eigenvalue weighted by Crippen LogP contribution is 2.15. The third-order valence-corrected chi connectivity index (χ3v) is 13.4. The van der Waals surface area contributed by atoms with Crippen LogP contribution in [0.4, 0.5) is 0 Å². The second kappa shape index (κ2) is 37.2. The number of nitrogens with one attached hydrogen (secondary N) is 8. The molecular formula is C59H88N16O12. The summed E-state index contributed by atoms with van der Waals surface area (Å²) in [6.45, 7) is 8.57. The van der Waals surface area contributed by atoms with Gasteiger partial charge >= 0.3 is 5.97 Å². The summed E-state index contributed by atoms with van der Waals surface area (Å²) in [6, 6.07) is 11.1. The van der Waals surface area contributed by atoms with Gasteiger partial charge < -0.3 is 87.1 Å². The van der Waals surface area contributed by atoms with E-state index in [4.69, 9.17) is 34.4 Å². The second-order valence-electron chi connectivity index (χ2n) is 22.0. The first kappa shape index (κ1) is 71.9. The van der Waals surface area contributed by atoms with Crippen molar-refractivity contribution < 1.29 is 58.2 Å². The molecule has 0 saturated carbocycles. The van der Waals surface area contributed by atoms with E-state index in [0.717, 1.165) is 0 Å². The van der Waals surface area contributed by atoms with Gasteiger partial charge in [0.2, 0.25) is 53.2 Å². The number of benzene rings is 3. The summed E-state index contributed by atoms with van der Waals surface area (Å²) in [5, 5.41) is 40.5. The summed E-state index contributed by atoms with van der Waals surface area (Å²) in [7, 11) is 0. The van der Waals surface area contributed by atoms with Crippen molar-refractivity contribution in [3.63, 3.8) is 0 Å². The zero-order valence-electron chi connectivity index (χ0n) is 50.0. The average molecular weight is 1210 g/mol. The summed E-state index contributed by atoms with van der Waals surface area (Å²) in [5.74, 6) is -9.66. The number of aliphatic carboxylic acids is 1. The van der Waals surface area contributed by atoms with Gasteiger partial charge in [-0.25, -0.2) is 4.79 Å². The van der Waals surface area contributed by atoms with E-state index >= 15 is 0 Å². The lowest BCUT2D eigenvalue weighted by molar-refractivity contribution is -0.142. The quantitative estimate of drug-likeness (QED) is 0.0171. The van der Waals surface area contributed by atoms with E-state index in [9.17, 15) is 58.2 Å². The lowest BCUT2D eigenvalue weighted by Crippen LogP contribution is -2.60. The number of carbonyl (C=O) groups excluding carboxylic acids is 9. The predicted molar refractivity (Wildman–Crippen MR) is 326 cm³/mol. The minimum atomic E-state index is -1.53. The van der Waals surface area contributed by atoms with Gasteiger partial charge in [-0.3, -0.25) is 53.1 Å². The molecule has 3 aromatic carbocycles. The Kier molecular flexibility index (Phi) is 30.7. The Morgan fingerprint density at radius 2 is 0.782 bits per heavy atom. The van der Waals surface area contributed by atoms with Crippen molar-refractivity contribution in [3.05, 3.63) is 102 Å². The van der Waals surface area contributed by atoms with Crippen LogP contribution in [-0.2, 0) is 67.2 Å². The Bertz CT molecular complexity index is 2810. The third-order valence-electron chi connectivity index (χ3n) is 13.4. The Balaban J connectivity index is 1.97. The molecule has 9 amide bonds. The van der Waals surface area contributed by atoms with Crippen molar-refractivity contribution in [2.24, 2.45) is 56.2 Å². The van der Waals surface area contributed by atoms with Gasteiger partial charge in [0.05, 0.1) is 6.04 Å². The maximum absolute atomic E-state index is 14.7. The number of carboxylic acid groups (broad SMARTS) is 1. The molecule has 0 heterocycles. The molecular weight excluding hydrogens is 1120 g/mol. The van der Waals surface area contributed by atoms with Gasteiger partial charge in [0.1, 0.15) is 54.1 Å². The molecule has 0 aromatic heterocycles. The fourth-order valence-corrected chi connectivity index (χ4v) is 8.92. The SMILES string of the molecule is CC(C)C[C@H](NC(=O)[C@H](CCCN=C(N)N)NC(=O)[C@H](CCCN=C(N)N)NC(=O)[C@H](Cc1ccccc1)NC(=O)[C@H](Cc1ccccc1)NC(=O)[C@@H](N)CC(C)C)C(=O)N[C@@H](CCC(N)=O)C(=O)N[C@@H](C)C(=O)N[C@@H](Cc1ccc(O)cc1)C(=O)O. The van der Waals surface area contributed by atoms with Crippen molar-refractivity contribution in [1.29, 1.82) is 0 Å². The maximum atomic E-state index is 14.7. The van der Waals surface area contributed by atoms with Crippen molar-refractivity contribution in [1.82, 2.24) is 42.5 Å². The molecule has 22 N–H and O–H groups in total. The highest BCUT2D eigenvalue weighted by molar-refractivity contribution is 5.98. The number of aromatic hydroxyl groups is 1. The number of nitrogens with two attached hydrogens (primary N) is 6. The van der Waals surface area contributed by atoms with Crippen LogP contribution in [0.5, 0.6) is 5.75 Å². The first-order valence-electron chi connectivity index (χ1n) is 28.8. The van der Waals surface area contributed by atoms with Crippen molar-refractivity contribution >= 4 is 71.1 Å². The van der Waals surface area contributed by atoms with Gasteiger partial charge in [-0.05, 0) is 92.5 Å². The van der Waals surface area contributed by atoms with E-state index in [-0.39, 0.29) is 100 Å². The summed E-state index contributed by atoms with van der Waals surface area (Å²) in [5.41, 5.74) is 35.8. The molecule has 0 aliphatic carbocycles. The zero-order valence-corrected chi connectivity index (χ0v) is 50.0. The van der Waals surface area contributed by atoms with Crippen LogP contribution in [0.3, 0.4) is 0 Å². The van der Waals surface area contributed by atoms with Gasteiger partial charge in [0.25, 0.3) is 0 Å². The molecule has 28 heteroatoms. The largest absolute Gasteiger partial charge is 0.508 e. The van der Waals surface area contributed by atoms with Gasteiger partial charge in [0.15, 0.2) is 11.9 Å². The normalized spacial score (nSPS) is 14.1. The minimum absolute atomic E-state index is 0.00466. The smallest absolute Gasteiger partial charge is 0.326 e. The van der Waals surface area contributed by atoms with Crippen molar-refractivity contribution in [3.8, 4) is 5.75 Å². The number of hydrogen-bond acceptors (Lipinski definition) is 14. The Morgan fingerprint density at radius 3 is 1.21 bits per heavy atom. The lowest BCUT2D eigenvalue weighted by atomic mass is 10.00. The first-order valence-corrected chi connectivity index (χ1v) is 28.8. The molecule has 3 aromatic rings. The van der Waals surface area contributed by atoms with E-state index < -0.39 is 120 Å². The molecule has 87 heavy (non-hydrogen) atoms. The monoisotopic (exact) mass is 1210 g/mol. The van der Waals surface area contributed by atoms with Crippen LogP contribution < -0.4 is 76.9 Å². The molecule has 0 spiro atoms. The number of phenols is 1. The maximum Gasteiger partial charge on any atom is 0.326 e. The molecule has 0 aliphatic heterocycles. The topological polar surface area (TPSA) is 488 Å². The number of amides is 9. The van der Waals surface area contributed by atoms with E-state index in [1.807, 2.05) is 13.8 Å². The summed E-state index contributed by atoms with van der Waals surface area (Å²) < 4.78 is 0.